The number of thiophene rings is 1. The molecule has 102 valence electrons. The monoisotopic (exact) mass is 273 g/mol. The van der Waals surface area contributed by atoms with Crippen LogP contribution < -0.4 is 21.5 Å². The number of methoxy groups -OCH3 is 2. The average molecular weight is 273 g/mol. The number of ether oxygens (including phenoxy) is 2. The normalized spacial score (nSPS) is 12.2. The predicted octanol–water partition coefficient (Wildman–Crippen LogP) is 1.27. The van der Waals surface area contributed by atoms with Crippen molar-refractivity contribution in [1.29, 1.82) is 0 Å². The number of hydrogen-bond acceptors (Lipinski definition) is 6. The number of primary amides is 1. The molecule has 0 radical (unpaired) electrons. The molecule has 1 unspecified atom stereocenters. The van der Waals surface area contributed by atoms with Gasteiger partial charge >= 0.3 is 0 Å². The first-order valence-electron chi connectivity index (χ1n) is 5.56. The molecule has 1 aromatic heterocycles. The maximum atomic E-state index is 11.2. The number of anilines is 2. The molecule has 1 amide bonds. The summed E-state index contributed by atoms with van der Waals surface area (Å²) in [6, 6.07) is 0.127. The minimum Gasteiger partial charge on any atom is -0.492 e. The molecule has 0 aliphatic carbocycles. The van der Waals surface area contributed by atoms with E-state index < -0.39 is 5.91 Å². The zero-order valence-corrected chi connectivity index (χ0v) is 11.6. The van der Waals surface area contributed by atoms with Gasteiger partial charge in [0.05, 0.1) is 19.8 Å². The van der Waals surface area contributed by atoms with E-state index in [0.717, 1.165) is 6.42 Å². The fraction of sp³-hybridized carbons (Fsp3) is 0.545. The molecule has 7 heteroatoms. The molecule has 1 atom stereocenters. The standard InChI is InChI=1S/C11H19N3O3S/c1-4-6(5-16-2)14-11-8(17-3)7(12)9(18-11)10(13)15/h6,14H,4-5,12H2,1-3H3,(H2,13,15). The highest BCUT2D eigenvalue weighted by Crippen LogP contribution is 2.42. The van der Waals surface area contributed by atoms with Crippen LogP contribution in [0.15, 0.2) is 0 Å². The third kappa shape index (κ3) is 3.05. The summed E-state index contributed by atoms with van der Waals surface area (Å²) in [5.74, 6) is -0.0907. The van der Waals surface area contributed by atoms with Crippen LogP contribution in [0.1, 0.15) is 23.0 Å². The molecule has 0 bridgehead atoms. The molecular formula is C11H19N3O3S. The molecule has 0 spiro atoms. The summed E-state index contributed by atoms with van der Waals surface area (Å²) in [6.45, 7) is 2.60. The zero-order valence-electron chi connectivity index (χ0n) is 10.8. The molecule has 1 heterocycles. The molecule has 6 nitrogen and oxygen atoms in total. The Labute approximate surface area is 110 Å². The van der Waals surface area contributed by atoms with E-state index in [1.165, 1.54) is 18.4 Å². The lowest BCUT2D eigenvalue weighted by Crippen LogP contribution is -2.23. The highest BCUT2D eigenvalue weighted by molar-refractivity contribution is 7.19. The van der Waals surface area contributed by atoms with E-state index in [2.05, 4.69) is 5.32 Å². The lowest BCUT2D eigenvalue weighted by atomic mass is 10.2. The molecule has 0 aromatic carbocycles. The first-order chi connectivity index (χ1) is 8.54. The quantitative estimate of drug-likeness (QED) is 0.695. The molecular weight excluding hydrogens is 254 g/mol. The fourth-order valence-corrected chi connectivity index (χ4v) is 2.58. The van der Waals surface area contributed by atoms with Crippen LogP contribution in [0.4, 0.5) is 10.7 Å². The Hall–Kier alpha value is -1.47. The first-order valence-corrected chi connectivity index (χ1v) is 6.38. The van der Waals surface area contributed by atoms with Gasteiger partial charge < -0.3 is 26.3 Å². The molecule has 0 saturated heterocycles. The van der Waals surface area contributed by atoms with E-state index in [1.807, 2.05) is 6.92 Å². The van der Waals surface area contributed by atoms with E-state index in [9.17, 15) is 4.79 Å². The molecule has 0 fully saturated rings. The van der Waals surface area contributed by atoms with E-state index in [1.54, 1.807) is 7.11 Å². The van der Waals surface area contributed by atoms with Crippen LogP contribution in [-0.4, -0.2) is 32.8 Å². The Kier molecular flexibility index (Phi) is 5.24. The van der Waals surface area contributed by atoms with Gasteiger partial charge in [0.1, 0.15) is 15.6 Å². The molecule has 1 aromatic rings. The summed E-state index contributed by atoms with van der Waals surface area (Å²) < 4.78 is 10.3. The number of carbonyl (C=O) groups excluding carboxylic acids is 1. The summed E-state index contributed by atoms with van der Waals surface area (Å²) in [4.78, 5) is 11.5. The van der Waals surface area contributed by atoms with Crippen molar-refractivity contribution in [3.8, 4) is 5.75 Å². The second kappa shape index (κ2) is 6.46. The maximum Gasteiger partial charge on any atom is 0.261 e. The van der Waals surface area contributed by atoms with Gasteiger partial charge in [0, 0.05) is 7.11 Å². The van der Waals surface area contributed by atoms with Crippen molar-refractivity contribution in [2.24, 2.45) is 5.73 Å². The third-order valence-electron chi connectivity index (χ3n) is 2.52. The van der Waals surface area contributed by atoms with Gasteiger partial charge in [-0.05, 0) is 6.42 Å². The van der Waals surface area contributed by atoms with Crippen LogP contribution in [-0.2, 0) is 4.74 Å². The van der Waals surface area contributed by atoms with Gasteiger partial charge in [0.2, 0.25) is 0 Å². The van der Waals surface area contributed by atoms with Crippen molar-refractivity contribution >= 4 is 27.9 Å². The van der Waals surface area contributed by atoms with Crippen LogP contribution in [0.3, 0.4) is 0 Å². The SMILES string of the molecule is CCC(COC)Nc1sc(C(N)=O)c(N)c1OC. The van der Waals surface area contributed by atoms with Gasteiger partial charge in [0.15, 0.2) is 5.75 Å². The summed E-state index contributed by atoms with van der Waals surface area (Å²) in [6.07, 6.45) is 0.876. The number of nitrogens with one attached hydrogen (secondary N) is 1. The van der Waals surface area contributed by atoms with Crippen LogP contribution in [0.25, 0.3) is 0 Å². The predicted molar refractivity (Wildman–Crippen MR) is 73.4 cm³/mol. The first kappa shape index (κ1) is 14.6. The molecule has 0 aliphatic rings. The van der Waals surface area contributed by atoms with Crippen LogP contribution in [0.2, 0.25) is 0 Å². The van der Waals surface area contributed by atoms with Crippen LogP contribution in [0.5, 0.6) is 5.75 Å². The second-order valence-corrected chi connectivity index (χ2v) is 4.80. The van der Waals surface area contributed by atoms with Crippen molar-refractivity contribution in [3.63, 3.8) is 0 Å². The fourth-order valence-electron chi connectivity index (χ4n) is 1.56. The van der Waals surface area contributed by atoms with Gasteiger partial charge in [-0.2, -0.15) is 0 Å². The van der Waals surface area contributed by atoms with E-state index in [0.29, 0.717) is 22.2 Å². The second-order valence-electron chi connectivity index (χ2n) is 3.78. The Balaban J connectivity index is 3.00. The summed E-state index contributed by atoms with van der Waals surface area (Å²) in [5.41, 5.74) is 11.4. The highest BCUT2D eigenvalue weighted by atomic mass is 32.1. The minimum absolute atomic E-state index is 0.127. The van der Waals surface area contributed by atoms with Gasteiger partial charge in [-0.15, -0.1) is 11.3 Å². The Bertz CT molecular complexity index is 420. The summed E-state index contributed by atoms with van der Waals surface area (Å²) in [5, 5.41) is 3.95. The van der Waals surface area contributed by atoms with Gasteiger partial charge in [0.25, 0.3) is 5.91 Å². The van der Waals surface area contributed by atoms with E-state index in [4.69, 9.17) is 20.9 Å². The maximum absolute atomic E-state index is 11.2. The Morgan fingerprint density at radius 3 is 2.61 bits per heavy atom. The van der Waals surface area contributed by atoms with Gasteiger partial charge in [-0.3, -0.25) is 4.79 Å². The Morgan fingerprint density at radius 1 is 1.50 bits per heavy atom. The van der Waals surface area contributed by atoms with Crippen molar-refractivity contribution < 1.29 is 14.3 Å². The minimum atomic E-state index is -0.552. The molecule has 1 rings (SSSR count). The molecule has 5 N–H and O–H groups in total. The lowest BCUT2D eigenvalue weighted by Gasteiger charge is -2.16. The Morgan fingerprint density at radius 2 is 2.17 bits per heavy atom. The van der Waals surface area contributed by atoms with Crippen LogP contribution >= 0.6 is 11.3 Å². The molecule has 0 saturated carbocycles. The van der Waals surface area contributed by atoms with Crippen molar-refractivity contribution in [2.75, 3.05) is 31.9 Å². The highest BCUT2D eigenvalue weighted by Gasteiger charge is 2.21. The number of hydrogen-bond donors (Lipinski definition) is 3. The number of nitrogen functional groups attached to an aromatic ring is 1. The largest absolute Gasteiger partial charge is 0.492 e. The summed E-state index contributed by atoms with van der Waals surface area (Å²) in [7, 11) is 3.14. The number of carbonyl (C=O) groups is 1. The van der Waals surface area contributed by atoms with E-state index >= 15 is 0 Å². The topological polar surface area (TPSA) is 99.6 Å². The number of amides is 1. The third-order valence-corrected chi connectivity index (χ3v) is 3.66. The van der Waals surface area contributed by atoms with Gasteiger partial charge in [-0.25, -0.2) is 0 Å². The van der Waals surface area contributed by atoms with Gasteiger partial charge in [-0.1, -0.05) is 6.92 Å². The van der Waals surface area contributed by atoms with Crippen molar-refractivity contribution in [1.82, 2.24) is 0 Å². The molecule has 18 heavy (non-hydrogen) atoms. The average Bonchev–Trinajstić information content (AvgIpc) is 2.65. The van der Waals surface area contributed by atoms with Crippen LogP contribution in [0, 0.1) is 0 Å². The smallest absolute Gasteiger partial charge is 0.261 e. The van der Waals surface area contributed by atoms with E-state index in [-0.39, 0.29) is 11.7 Å². The number of rotatable bonds is 7. The number of nitrogens with two attached hydrogens (primary N) is 2. The lowest BCUT2D eigenvalue weighted by molar-refractivity contribution is 0.100. The van der Waals surface area contributed by atoms with Crippen molar-refractivity contribution in [3.05, 3.63) is 4.88 Å². The zero-order chi connectivity index (χ0) is 13.7. The summed E-state index contributed by atoms with van der Waals surface area (Å²) >= 11 is 1.20. The van der Waals surface area contributed by atoms with Crippen molar-refractivity contribution in [2.45, 2.75) is 19.4 Å². The molecule has 0 aliphatic heterocycles.